The van der Waals surface area contributed by atoms with Crippen LogP contribution in [0.4, 0.5) is 19.4 Å². The number of halogens is 2. The lowest BCUT2D eigenvalue weighted by Gasteiger charge is -2.32. The number of likely N-dealkylation sites (tertiary alicyclic amines) is 1. The Morgan fingerprint density at radius 3 is 2.59 bits per heavy atom. The molecule has 0 atom stereocenters. The second-order valence-corrected chi connectivity index (χ2v) is 8.38. The van der Waals surface area contributed by atoms with Crippen molar-refractivity contribution in [1.29, 1.82) is 0 Å². The first kappa shape index (κ1) is 22.0. The summed E-state index contributed by atoms with van der Waals surface area (Å²) < 4.78 is 32.2. The summed E-state index contributed by atoms with van der Waals surface area (Å²) in [7, 11) is 1.36. The summed E-state index contributed by atoms with van der Waals surface area (Å²) in [4.78, 5) is 26.5. The van der Waals surface area contributed by atoms with Crippen LogP contribution >= 0.6 is 0 Å². The third-order valence-electron chi connectivity index (χ3n) is 6.05. The Labute approximate surface area is 194 Å². The monoisotopic (exact) mass is 466 g/mol. The fourth-order valence-electron chi connectivity index (χ4n) is 4.28. The summed E-state index contributed by atoms with van der Waals surface area (Å²) in [6.45, 7) is 2.57. The number of benzene rings is 2. The molecule has 176 valence electrons. The highest BCUT2D eigenvalue weighted by molar-refractivity contribution is 5.91. The van der Waals surface area contributed by atoms with Crippen molar-refractivity contribution < 1.29 is 18.3 Å². The number of urea groups is 1. The number of hydrogen-bond acceptors (Lipinski definition) is 5. The zero-order valence-corrected chi connectivity index (χ0v) is 18.6. The number of nitrogens with zero attached hydrogens (tertiary/aromatic N) is 3. The molecule has 10 heteroatoms. The second-order valence-electron chi connectivity index (χ2n) is 8.38. The van der Waals surface area contributed by atoms with Crippen molar-refractivity contribution in [2.45, 2.75) is 25.4 Å². The number of methoxy groups -OCH3 is 1. The number of aromatic nitrogens is 3. The minimum absolute atomic E-state index is 0.00749. The number of rotatable bonds is 5. The highest BCUT2D eigenvalue weighted by atomic mass is 19.2. The van der Waals surface area contributed by atoms with Gasteiger partial charge in [0.2, 0.25) is 0 Å². The third kappa shape index (κ3) is 4.62. The molecule has 1 aliphatic rings. The normalized spacial score (nSPS) is 15.0. The molecule has 0 aliphatic carbocycles. The van der Waals surface area contributed by atoms with Crippen molar-refractivity contribution >= 4 is 33.8 Å². The smallest absolute Gasteiger partial charge is 0.320 e. The summed E-state index contributed by atoms with van der Waals surface area (Å²) in [6, 6.07) is 9.92. The molecule has 2 aromatic carbocycles. The highest BCUT2D eigenvalue weighted by Gasteiger charge is 2.22. The molecule has 0 radical (unpaired) electrons. The zero-order chi connectivity index (χ0) is 23.7. The zero-order valence-electron chi connectivity index (χ0n) is 18.6. The van der Waals surface area contributed by atoms with Gasteiger partial charge in [-0.1, -0.05) is 12.1 Å². The molecule has 0 unspecified atom stereocenters. The van der Waals surface area contributed by atoms with Crippen LogP contribution in [0, 0.1) is 11.6 Å². The maximum Gasteiger partial charge on any atom is 0.320 e. The summed E-state index contributed by atoms with van der Waals surface area (Å²) >= 11 is 0. The summed E-state index contributed by atoms with van der Waals surface area (Å²) in [5, 5.41) is 6.77. The number of carbonyl (C=O) groups is 1. The number of carbonyl (C=O) groups excluding carboxylic acids is 1. The topological polar surface area (TPSA) is 95.2 Å². The van der Waals surface area contributed by atoms with E-state index in [2.05, 4.69) is 54.8 Å². The Bertz CT molecular complexity index is 1350. The molecule has 1 saturated heterocycles. The molecule has 0 spiro atoms. The van der Waals surface area contributed by atoms with Gasteiger partial charge in [0.25, 0.3) is 5.88 Å². The van der Waals surface area contributed by atoms with Crippen LogP contribution in [0.2, 0.25) is 0 Å². The van der Waals surface area contributed by atoms with Gasteiger partial charge in [0.1, 0.15) is 0 Å². The minimum atomic E-state index is -1.04. The van der Waals surface area contributed by atoms with Crippen molar-refractivity contribution in [3.05, 3.63) is 59.8 Å². The largest absolute Gasteiger partial charge is 0.478 e. The van der Waals surface area contributed by atoms with Crippen LogP contribution < -0.4 is 15.4 Å². The van der Waals surface area contributed by atoms with E-state index in [4.69, 9.17) is 4.74 Å². The predicted molar refractivity (Wildman–Crippen MR) is 125 cm³/mol. The highest BCUT2D eigenvalue weighted by Crippen LogP contribution is 2.25. The SMILES string of the molecule is COc1nc2cc(F)c(F)cc2nc1NC(=O)NC1CCN(Cc2ccc3cc[nH]c3c2)CC1. The van der Waals surface area contributed by atoms with Gasteiger partial charge < -0.3 is 15.0 Å². The summed E-state index contributed by atoms with van der Waals surface area (Å²) in [5.74, 6) is -2.02. The first-order chi connectivity index (χ1) is 16.5. The van der Waals surface area contributed by atoms with Gasteiger partial charge >= 0.3 is 6.03 Å². The van der Waals surface area contributed by atoms with E-state index in [-0.39, 0.29) is 28.8 Å². The van der Waals surface area contributed by atoms with Gasteiger partial charge in [-0.3, -0.25) is 10.2 Å². The summed E-state index contributed by atoms with van der Waals surface area (Å²) in [6.07, 6.45) is 3.56. The third-order valence-corrected chi connectivity index (χ3v) is 6.05. The molecule has 2 amide bonds. The number of ether oxygens (including phenoxy) is 1. The van der Waals surface area contributed by atoms with Crippen LogP contribution in [0.5, 0.6) is 5.88 Å². The molecule has 8 nitrogen and oxygen atoms in total. The number of anilines is 1. The van der Waals surface area contributed by atoms with Crippen LogP contribution in [-0.2, 0) is 6.54 Å². The molecule has 1 aliphatic heterocycles. The molecule has 4 aromatic rings. The van der Waals surface area contributed by atoms with Crippen LogP contribution in [0.1, 0.15) is 18.4 Å². The van der Waals surface area contributed by atoms with Gasteiger partial charge in [-0.05, 0) is 35.9 Å². The van der Waals surface area contributed by atoms with Crippen LogP contribution in [0.25, 0.3) is 21.9 Å². The fourth-order valence-corrected chi connectivity index (χ4v) is 4.28. The number of amides is 2. The number of hydrogen-bond donors (Lipinski definition) is 3. The van der Waals surface area contributed by atoms with Gasteiger partial charge in [0.05, 0.1) is 18.1 Å². The standard InChI is InChI=1S/C24H24F2N6O2/c1-34-23-22(29-20-11-17(25)18(26)12-21(20)30-23)31-24(33)28-16-5-8-32(9-6-16)13-14-2-3-15-4-7-27-19(15)10-14/h2-4,7,10-12,16,27H,5-6,8-9,13H2,1H3,(H2,28,29,31,33). The summed E-state index contributed by atoms with van der Waals surface area (Å²) in [5.41, 5.74) is 2.62. The van der Waals surface area contributed by atoms with Crippen LogP contribution in [-0.4, -0.2) is 52.1 Å². The van der Waals surface area contributed by atoms with Gasteiger partial charge in [-0.25, -0.2) is 23.5 Å². The number of aromatic amines is 1. The van der Waals surface area contributed by atoms with E-state index >= 15 is 0 Å². The first-order valence-corrected chi connectivity index (χ1v) is 11.0. The first-order valence-electron chi connectivity index (χ1n) is 11.0. The number of piperidine rings is 1. The lowest BCUT2D eigenvalue weighted by molar-refractivity contribution is 0.190. The molecular weight excluding hydrogens is 442 g/mol. The Hall–Kier alpha value is -3.79. The Morgan fingerprint density at radius 2 is 1.85 bits per heavy atom. The fraction of sp³-hybridized carbons (Fsp3) is 0.292. The maximum absolute atomic E-state index is 13.6. The van der Waals surface area contributed by atoms with Gasteiger partial charge in [0.15, 0.2) is 17.5 Å². The second kappa shape index (κ2) is 9.22. The predicted octanol–water partition coefficient (Wildman–Crippen LogP) is 4.18. The molecule has 34 heavy (non-hydrogen) atoms. The molecule has 3 N–H and O–H groups in total. The van der Waals surface area contributed by atoms with E-state index in [0.29, 0.717) is 0 Å². The van der Waals surface area contributed by atoms with Gasteiger partial charge in [0, 0.05) is 49.5 Å². The Balaban J connectivity index is 1.17. The average Bonchev–Trinajstić information content (AvgIpc) is 3.29. The quantitative estimate of drug-likeness (QED) is 0.410. The van der Waals surface area contributed by atoms with Crippen molar-refractivity contribution in [3.63, 3.8) is 0 Å². The number of H-pyrrole nitrogens is 1. The van der Waals surface area contributed by atoms with E-state index in [1.807, 2.05) is 6.20 Å². The lowest BCUT2D eigenvalue weighted by atomic mass is 10.0. The molecule has 1 fully saturated rings. The number of fused-ring (bicyclic) bond motifs is 2. The van der Waals surface area contributed by atoms with E-state index in [0.717, 1.165) is 50.1 Å². The minimum Gasteiger partial charge on any atom is -0.478 e. The average molecular weight is 466 g/mol. The van der Waals surface area contributed by atoms with E-state index < -0.39 is 17.7 Å². The molecule has 3 heterocycles. The molecule has 0 bridgehead atoms. The van der Waals surface area contributed by atoms with Crippen LogP contribution in [0.3, 0.4) is 0 Å². The van der Waals surface area contributed by atoms with Crippen molar-refractivity contribution in [2.75, 3.05) is 25.5 Å². The van der Waals surface area contributed by atoms with Gasteiger partial charge in [-0.2, -0.15) is 0 Å². The maximum atomic E-state index is 13.6. The van der Waals surface area contributed by atoms with E-state index in [1.165, 1.54) is 18.1 Å². The van der Waals surface area contributed by atoms with Crippen LogP contribution in [0.15, 0.2) is 42.6 Å². The lowest BCUT2D eigenvalue weighted by Crippen LogP contribution is -2.45. The van der Waals surface area contributed by atoms with Gasteiger partial charge in [-0.15, -0.1) is 0 Å². The Kier molecular flexibility index (Phi) is 5.97. The molecular formula is C24H24F2N6O2. The van der Waals surface area contributed by atoms with E-state index in [1.54, 1.807) is 0 Å². The number of nitrogens with one attached hydrogen (secondary N) is 3. The van der Waals surface area contributed by atoms with E-state index in [9.17, 15) is 13.6 Å². The van der Waals surface area contributed by atoms with Crippen molar-refractivity contribution in [1.82, 2.24) is 25.2 Å². The molecule has 0 saturated carbocycles. The molecule has 2 aromatic heterocycles. The van der Waals surface area contributed by atoms with Crippen molar-refractivity contribution in [3.8, 4) is 5.88 Å². The molecule has 5 rings (SSSR count). The van der Waals surface area contributed by atoms with Crippen molar-refractivity contribution in [2.24, 2.45) is 0 Å². The Morgan fingerprint density at radius 1 is 1.12 bits per heavy atom.